The van der Waals surface area contributed by atoms with Gasteiger partial charge in [-0.3, -0.25) is 0 Å². The maximum absolute atomic E-state index is 12.1. The van der Waals surface area contributed by atoms with Crippen LogP contribution < -0.4 is 4.18 Å². The first kappa shape index (κ1) is 16.8. The highest BCUT2D eigenvalue weighted by molar-refractivity contribution is 7.87. The lowest BCUT2D eigenvalue weighted by molar-refractivity contribution is 0.0651. The highest BCUT2D eigenvalue weighted by Gasteiger charge is 2.21. The Kier molecular flexibility index (Phi) is 4.57. The first-order valence-corrected chi connectivity index (χ1v) is 7.80. The van der Waals surface area contributed by atoms with Crippen LogP contribution in [-0.2, 0) is 10.1 Å². The molecule has 0 saturated carbocycles. The summed E-state index contributed by atoms with van der Waals surface area (Å²) in [4.78, 5) is 21.8. The molecule has 23 heavy (non-hydrogen) atoms. The average Bonchev–Trinajstić information content (AvgIpc) is 2.46. The number of carboxylic acids is 2. The van der Waals surface area contributed by atoms with Gasteiger partial charge in [-0.15, -0.1) is 0 Å². The van der Waals surface area contributed by atoms with E-state index >= 15 is 0 Å². The van der Waals surface area contributed by atoms with Crippen LogP contribution in [0.3, 0.4) is 0 Å². The van der Waals surface area contributed by atoms with Crippen LogP contribution in [0.1, 0.15) is 20.7 Å². The molecule has 0 heterocycles. The number of rotatable bonds is 5. The minimum Gasteiger partial charge on any atom is -0.478 e. The lowest BCUT2D eigenvalue weighted by Crippen LogP contribution is -2.12. The Morgan fingerprint density at radius 3 is 2.17 bits per heavy atom. The standard InChI is InChI=1S/C14H9ClO7S/c15-8-2-1-3-10(6-8)23(20,21)22-9-4-5-11(13(16)17)12(7-9)14(18)19/h1-7H,(H,16,17)(H,18,19). The van der Waals surface area contributed by atoms with Gasteiger partial charge in [-0.2, -0.15) is 8.42 Å². The number of carbonyl (C=O) groups is 2. The largest absolute Gasteiger partial charge is 0.478 e. The molecule has 2 N–H and O–H groups in total. The van der Waals surface area contributed by atoms with Crippen molar-refractivity contribution in [2.24, 2.45) is 0 Å². The Hall–Kier alpha value is -2.58. The van der Waals surface area contributed by atoms with Gasteiger partial charge in [0, 0.05) is 5.02 Å². The number of hydrogen-bond acceptors (Lipinski definition) is 5. The van der Waals surface area contributed by atoms with Gasteiger partial charge in [-0.1, -0.05) is 17.7 Å². The molecule has 0 bridgehead atoms. The summed E-state index contributed by atoms with van der Waals surface area (Å²) < 4.78 is 29.0. The lowest BCUT2D eigenvalue weighted by atomic mass is 10.1. The topological polar surface area (TPSA) is 118 Å². The third-order valence-corrected chi connectivity index (χ3v) is 4.22. The molecular weight excluding hydrogens is 348 g/mol. The van der Waals surface area contributed by atoms with Crippen LogP contribution in [-0.4, -0.2) is 30.6 Å². The molecule has 0 aliphatic carbocycles. The number of aromatic carboxylic acids is 2. The van der Waals surface area contributed by atoms with Crippen LogP contribution in [0.5, 0.6) is 5.75 Å². The van der Waals surface area contributed by atoms with Gasteiger partial charge in [0.1, 0.15) is 10.6 Å². The summed E-state index contributed by atoms with van der Waals surface area (Å²) >= 11 is 5.71. The normalized spacial score (nSPS) is 11.0. The molecule has 0 saturated heterocycles. The van der Waals surface area contributed by atoms with Gasteiger partial charge in [0.05, 0.1) is 11.1 Å². The zero-order valence-corrected chi connectivity index (χ0v) is 12.8. The fraction of sp³-hybridized carbons (Fsp3) is 0. The quantitative estimate of drug-likeness (QED) is 0.790. The van der Waals surface area contributed by atoms with Crippen LogP contribution in [0.25, 0.3) is 0 Å². The summed E-state index contributed by atoms with van der Waals surface area (Å²) in [6.45, 7) is 0. The molecule has 0 aromatic heterocycles. The summed E-state index contributed by atoms with van der Waals surface area (Å²) in [5.41, 5.74) is -1.07. The van der Waals surface area contributed by atoms with Crippen molar-refractivity contribution in [1.29, 1.82) is 0 Å². The molecule has 0 aliphatic rings. The molecule has 0 spiro atoms. The van der Waals surface area contributed by atoms with Gasteiger partial charge in [0.25, 0.3) is 0 Å². The zero-order valence-electron chi connectivity index (χ0n) is 11.3. The first-order chi connectivity index (χ1) is 10.7. The van der Waals surface area contributed by atoms with Gasteiger partial charge >= 0.3 is 22.1 Å². The maximum Gasteiger partial charge on any atom is 0.339 e. The molecule has 7 nitrogen and oxygen atoms in total. The first-order valence-electron chi connectivity index (χ1n) is 6.01. The Bertz CT molecular complexity index is 890. The smallest absolute Gasteiger partial charge is 0.339 e. The zero-order chi connectivity index (χ0) is 17.2. The summed E-state index contributed by atoms with van der Waals surface area (Å²) in [5, 5.41) is 18.1. The van der Waals surface area contributed by atoms with E-state index in [0.29, 0.717) is 0 Å². The van der Waals surface area contributed by atoms with Gasteiger partial charge in [0.2, 0.25) is 0 Å². The molecule has 0 unspecified atom stereocenters. The average molecular weight is 357 g/mol. The van der Waals surface area contributed by atoms with Crippen LogP contribution in [0.15, 0.2) is 47.4 Å². The Balaban J connectivity index is 2.42. The number of benzene rings is 2. The van der Waals surface area contributed by atoms with Crippen molar-refractivity contribution in [1.82, 2.24) is 0 Å². The fourth-order valence-electron chi connectivity index (χ4n) is 1.74. The summed E-state index contributed by atoms with van der Waals surface area (Å²) in [5.74, 6) is -3.30. The third kappa shape index (κ3) is 3.79. The molecule has 9 heteroatoms. The molecular formula is C14H9ClO7S. The molecule has 2 rings (SSSR count). The highest BCUT2D eigenvalue weighted by atomic mass is 35.5. The van der Waals surface area contributed by atoms with Crippen molar-refractivity contribution >= 4 is 33.7 Å². The third-order valence-electron chi connectivity index (χ3n) is 2.74. The van der Waals surface area contributed by atoms with E-state index in [4.69, 9.17) is 26.0 Å². The van der Waals surface area contributed by atoms with E-state index in [0.717, 1.165) is 18.2 Å². The Morgan fingerprint density at radius 2 is 1.61 bits per heavy atom. The number of carboxylic acid groups (broad SMARTS) is 2. The highest BCUT2D eigenvalue weighted by Crippen LogP contribution is 2.23. The van der Waals surface area contributed by atoms with Crippen molar-refractivity contribution in [2.75, 3.05) is 0 Å². The Labute approximate surface area is 135 Å². The van der Waals surface area contributed by atoms with Gasteiger partial charge < -0.3 is 14.4 Å². The second-order valence-corrected chi connectivity index (χ2v) is 6.30. The van der Waals surface area contributed by atoms with Crippen molar-refractivity contribution in [2.45, 2.75) is 4.90 Å². The van der Waals surface area contributed by atoms with E-state index in [-0.39, 0.29) is 15.7 Å². The molecule has 0 aliphatic heterocycles. The van der Waals surface area contributed by atoms with Crippen molar-refractivity contribution < 1.29 is 32.4 Å². The summed E-state index contributed by atoms with van der Waals surface area (Å²) in [7, 11) is -4.24. The van der Waals surface area contributed by atoms with E-state index < -0.39 is 33.2 Å². The van der Waals surface area contributed by atoms with Crippen LogP contribution in [0.2, 0.25) is 5.02 Å². The second kappa shape index (κ2) is 6.27. The monoisotopic (exact) mass is 356 g/mol. The number of halogens is 1. The fourth-order valence-corrected chi connectivity index (χ4v) is 2.96. The molecule has 0 amide bonds. The van der Waals surface area contributed by atoms with E-state index in [1.165, 1.54) is 24.3 Å². The van der Waals surface area contributed by atoms with E-state index in [1.54, 1.807) is 0 Å². The lowest BCUT2D eigenvalue weighted by Gasteiger charge is -2.09. The molecule has 2 aromatic carbocycles. The molecule has 0 radical (unpaired) electrons. The van der Waals surface area contributed by atoms with Crippen LogP contribution in [0, 0.1) is 0 Å². The van der Waals surface area contributed by atoms with Crippen LogP contribution >= 0.6 is 11.6 Å². The summed E-state index contributed by atoms with van der Waals surface area (Å²) in [6.07, 6.45) is 0. The number of hydrogen-bond donors (Lipinski definition) is 2. The van der Waals surface area contributed by atoms with E-state index in [2.05, 4.69) is 0 Å². The second-order valence-electron chi connectivity index (χ2n) is 4.31. The van der Waals surface area contributed by atoms with E-state index in [9.17, 15) is 18.0 Å². The predicted molar refractivity (Wildman–Crippen MR) is 79.6 cm³/mol. The SMILES string of the molecule is O=C(O)c1ccc(OS(=O)(=O)c2cccc(Cl)c2)cc1C(=O)O. The van der Waals surface area contributed by atoms with Crippen molar-refractivity contribution in [3.8, 4) is 5.75 Å². The predicted octanol–water partition coefficient (Wildman–Crippen LogP) is 2.50. The molecule has 0 atom stereocenters. The Morgan fingerprint density at radius 1 is 0.957 bits per heavy atom. The molecule has 0 fully saturated rings. The minimum atomic E-state index is -4.24. The van der Waals surface area contributed by atoms with Gasteiger partial charge in [-0.25, -0.2) is 9.59 Å². The summed E-state index contributed by atoms with van der Waals surface area (Å²) in [6, 6.07) is 8.14. The van der Waals surface area contributed by atoms with Gasteiger partial charge in [0.15, 0.2) is 0 Å². The minimum absolute atomic E-state index is 0.183. The van der Waals surface area contributed by atoms with Crippen LogP contribution in [0.4, 0.5) is 0 Å². The van der Waals surface area contributed by atoms with Gasteiger partial charge in [-0.05, 0) is 36.4 Å². The molecule has 120 valence electrons. The van der Waals surface area contributed by atoms with Crippen molar-refractivity contribution in [3.05, 3.63) is 58.6 Å². The van der Waals surface area contributed by atoms with E-state index in [1.807, 2.05) is 0 Å². The molecule has 2 aromatic rings. The maximum atomic E-state index is 12.1. The van der Waals surface area contributed by atoms with Crippen molar-refractivity contribution in [3.63, 3.8) is 0 Å².